The molecule has 1 aromatic carbocycles. The minimum Gasteiger partial charge on any atom is -0.396 e. The van der Waals surface area contributed by atoms with E-state index < -0.39 is 11.0 Å². The van der Waals surface area contributed by atoms with Crippen molar-refractivity contribution in [2.24, 2.45) is 5.73 Å². The third kappa shape index (κ3) is 2.89. The van der Waals surface area contributed by atoms with Gasteiger partial charge in [0.15, 0.2) is 0 Å². The van der Waals surface area contributed by atoms with Crippen LogP contribution in [0.3, 0.4) is 0 Å². The molecule has 1 aromatic rings. The maximum atomic E-state index is 10.5. The number of nitrogens with zero attached hydrogens (tertiary/aromatic N) is 1. The number of aliphatic hydroxyl groups excluding tert-OH is 1. The van der Waals surface area contributed by atoms with E-state index in [0.717, 1.165) is 0 Å². The first kappa shape index (κ1) is 11.9. The van der Waals surface area contributed by atoms with Crippen LogP contribution in [-0.4, -0.2) is 16.6 Å². The number of hydrogen-bond acceptors (Lipinski definition) is 4. The van der Waals surface area contributed by atoms with Crippen molar-refractivity contribution in [1.82, 2.24) is 0 Å². The molecule has 1 unspecified atom stereocenters. The van der Waals surface area contributed by atoms with Gasteiger partial charge in [-0.05, 0) is 18.1 Å². The van der Waals surface area contributed by atoms with Gasteiger partial charge in [0, 0.05) is 29.8 Å². The Morgan fingerprint density at radius 2 is 2.27 bits per heavy atom. The van der Waals surface area contributed by atoms with Gasteiger partial charge in [0.25, 0.3) is 5.69 Å². The highest BCUT2D eigenvalue weighted by molar-refractivity contribution is 6.31. The molecule has 0 saturated carbocycles. The van der Waals surface area contributed by atoms with Crippen molar-refractivity contribution < 1.29 is 10.0 Å². The van der Waals surface area contributed by atoms with Crippen LogP contribution in [0.1, 0.15) is 18.0 Å². The van der Waals surface area contributed by atoms with Crippen LogP contribution in [0, 0.1) is 10.1 Å². The zero-order chi connectivity index (χ0) is 11.4. The van der Waals surface area contributed by atoms with Gasteiger partial charge in [0.1, 0.15) is 0 Å². The van der Waals surface area contributed by atoms with Crippen molar-refractivity contribution in [3.8, 4) is 0 Å². The molecule has 0 aliphatic heterocycles. The minimum absolute atomic E-state index is 0.0530. The van der Waals surface area contributed by atoms with Crippen molar-refractivity contribution in [3.63, 3.8) is 0 Å². The van der Waals surface area contributed by atoms with Crippen molar-refractivity contribution in [2.75, 3.05) is 6.61 Å². The highest BCUT2D eigenvalue weighted by atomic mass is 35.5. The Morgan fingerprint density at radius 3 is 2.80 bits per heavy atom. The summed E-state index contributed by atoms with van der Waals surface area (Å²) in [5.74, 6) is 0. The van der Waals surface area contributed by atoms with E-state index in [9.17, 15) is 10.1 Å². The van der Waals surface area contributed by atoms with Gasteiger partial charge in [0.2, 0.25) is 0 Å². The van der Waals surface area contributed by atoms with Gasteiger partial charge in [-0.15, -0.1) is 0 Å². The average molecular weight is 231 g/mol. The lowest BCUT2D eigenvalue weighted by atomic mass is 10.0. The molecular weight excluding hydrogens is 220 g/mol. The van der Waals surface area contributed by atoms with Gasteiger partial charge in [-0.25, -0.2) is 0 Å². The van der Waals surface area contributed by atoms with Crippen molar-refractivity contribution in [2.45, 2.75) is 12.5 Å². The van der Waals surface area contributed by atoms with E-state index in [-0.39, 0.29) is 12.3 Å². The third-order valence-electron chi connectivity index (χ3n) is 2.03. The SMILES string of the molecule is NC(CCO)c1cc([N+](=O)[O-])ccc1Cl. The van der Waals surface area contributed by atoms with E-state index in [0.29, 0.717) is 17.0 Å². The predicted molar refractivity (Wildman–Crippen MR) is 56.7 cm³/mol. The molecule has 0 saturated heterocycles. The van der Waals surface area contributed by atoms with Gasteiger partial charge >= 0.3 is 0 Å². The second-order valence-corrected chi connectivity index (χ2v) is 3.49. The van der Waals surface area contributed by atoms with Crippen LogP contribution in [0.25, 0.3) is 0 Å². The van der Waals surface area contributed by atoms with Crippen LogP contribution in [0.2, 0.25) is 5.02 Å². The molecule has 0 radical (unpaired) electrons. The molecule has 5 nitrogen and oxygen atoms in total. The number of nitro groups is 1. The standard InChI is InChI=1S/C9H11ClN2O3/c10-8-2-1-6(12(14)15)5-7(8)9(11)3-4-13/h1-2,5,9,13H,3-4,11H2. The summed E-state index contributed by atoms with van der Waals surface area (Å²) >= 11 is 5.85. The Labute approximate surface area is 91.6 Å². The number of hydrogen-bond donors (Lipinski definition) is 2. The zero-order valence-electron chi connectivity index (χ0n) is 7.89. The highest BCUT2D eigenvalue weighted by Gasteiger charge is 2.14. The normalized spacial score (nSPS) is 12.5. The van der Waals surface area contributed by atoms with Crippen LogP contribution in [0.15, 0.2) is 18.2 Å². The zero-order valence-corrected chi connectivity index (χ0v) is 8.65. The molecule has 0 bridgehead atoms. The molecule has 0 fully saturated rings. The van der Waals surface area contributed by atoms with Gasteiger partial charge in [-0.3, -0.25) is 10.1 Å². The number of non-ortho nitro benzene ring substituents is 1. The summed E-state index contributed by atoms with van der Waals surface area (Å²) in [6.07, 6.45) is 0.320. The van der Waals surface area contributed by atoms with Crippen molar-refractivity contribution in [3.05, 3.63) is 38.9 Å². The Balaban J connectivity index is 3.04. The monoisotopic (exact) mass is 230 g/mol. The molecule has 1 rings (SSSR count). The van der Waals surface area contributed by atoms with E-state index >= 15 is 0 Å². The Bertz CT molecular complexity index is 370. The number of nitro benzene ring substituents is 1. The molecule has 0 heterocycles. The number of benzene rings is 1. The molecule has 0 amide bonds. The summed E-state index contributed by atoms with van der Waals surface area (Å²) in [5.41, 5.74) is 6.14. The maximum Gasteiger partial charge on any atom is 0.269 e. The molecule has 0 aliphatic carbocycles. The average Bonchev–Trinajstić information content (AvgIpc) is 2.18. The fourth-order valence-corrected chi connectivity index (χ4v) is 1.48. The first-order chi connectivity index (χ1) is 7.06. The number of aliphatic hydroxyl groups is 1. The summed E-state index contributed by atoms with van der Waals surface area (Å²) < 4.78 is 0. The summed E-state index contributed by atoms with van der Waals surface area (Å²) in [4.78, 5) is 10.0. The first-order valence-corrected chi connectivity index (χ1v) is 4.74. The van der Waals surface area contributed by atoms with E-state index in [4.69, 9.17) is 22.4 Å². The fourth-order valence-electron chi connectivity index (χ4n) is 1.22. The molecule has 3 N–H and O–H groups in total. The number of halogens is 1. The smallest absolute Gasteiger partial charge is 0.269 e. The molecule has 0 aliphatic rings. The van der Waals surface area contributed by atoms with Crippen LogP contribution in [0.4, 0.5) is 5.69 Å². The summed E-state index contributed by atoms with van der Waals surface area (Å²) in [6.45, 7) is -0.0831. The first-order valence-electron chi connectivity index (χ1n) is 4.36. The topological polar surface area (TPSA) is 89.4 Å². The van der Waals surface area contributed by atoms with Gasteiger partial charge in [-0.1, -0.05) is 11.6 Å². The predicted octanol–water partition coefficient (Wildman–Crippen LogP) is 1.63. The van der Waals surface area contributed by atoms with E-state index in [1.807, 2.05) is 0 Å². The van der Waals surface area contributed by atoms with E-state index in [1.165, 1.54) is 18.2 Å². The molecule has 82 valence electrons. The number of nitrogens with two attached hydrogens (primary N) is 1. The third-order valence-corrected chi connectivity index (χ3v) is 2.37. The largest absolute Gasteiger partial charge is 0.396 e. The fraction of sp³-hybridized carbons (Fsp3) is 0.333. The van der Waals surface area contributed by atoms with Crippen LogP contribution >= 0.6 is 11.6 Å². The van der Waals surface area contributed by atoms with Crippen LogP contribution < -0.4 is 5.73 Å². The van der Waals surface area contributed by atoms with E-state index in [2.05, 4.69) is 0 Å². The summed E-state index contributed by atoms with van der Waals surface area (Å²) in [6, 6.07) is 3.61. The Kier molecular flexibility index (Phi) is 4.02. The quantitative estimate of drug-likeness (QED) is 0.608. The lowest BCUT2D eigenvalue weighted by Gasteiger charge is -2.11. The lowest BCUT2D eigenvalue weighted by Crippen LogP contribution is -2.12. The van der Waals surface area contributed by atoms with Crippen LogP contribution in [-0.2, 0) is 0 Å². The lowest BCUT2D eigenvalue weighted by molar-refractivity contribution is -0.384. The molecule has 6 heteroatoms. The van der Waals surface area contributed by atoms with Gasteiger partial charge in [-0.2, -0.15) is 0 Å². The molecular formula is C9H11ClN2O3. The Hall–Kier alpha value is -1.17. The molecule has 0 spiro atoms. The summed E-state index contributed by atoms with van der Waals surface area (Å²) in [5, 5.41) is 19.6. The number of rotatable bonds is 4. The van der Waals surface area contributed by atoms with Gasteiger partial charge < -0.3 is 10.8 Å². The van der Waals surface area contributed by atoms with E-state index in [1.54, 1.807) is 0 Å². The molecule has 0 aromatic heterocycles. The molecule has 15 heavy (non-hydrogen) atoms. The minimum atomic E-state index is -0.508. The maximum absolute atomic E-state index is 10.5. The second kappa shape index (κ2) is 5.06. The van der Waals surface area contributed by atoms with Crippen LogP contribution in [0.5, 0.6) is 0 Å². The highest BCUT2D eigenvalue weighted by Crippen LogP contribution is 2.27. The Morgan fingerprint density at radius 1 is 1.60 bits per heavy atom. The second-order valence-electron chi connectivity index (χ2n) is 3.08. The van der Waals surface area contributed by atoms with Crippen molar-refractivity contribution in [1.29, 1.82) is 0 Å². The van der Waals surface area contributed by atoms with Crippen molar-refractivity contribution >= 4 is 17.3 Å². The summed E-state index contributed by atoms with van der Waals surface area (Å²) in [7, 11) is 0. The molecule has 1 atom stereocenters. The van der Waals surface area contributed by atoms with Gasteiger partial charge in [0.05, 0.1) is 4.92 Å².